The predicted octanol–water partition coefficient (Wildman–Crippen LogP) is 2.26. The standard InChI is InChI=1S/C15H23N3O2/c1-15(7-3-2-4-12(15)16)14-17-13(18-20-14)10-8-9-5-6-11(10)19-9/h9-12H,2-8,16H2,1H3. The van der Waals surface area contributed by atoms with E-state index in [2.05, 4.69) is 12.1 Å². The van der Waals surface area contributed by atoms with Gasteiger partial charge >= 0.3 is 0 Å². The maximum Gasteiger partial charge on any atom is 0.234 e. The summed E-state index contributed by atoms with van der Waals surface area (Å²) in [6, 6.07) is 0.126. The summed E-state index contributed by atoms with van der Waals surface area (Å²) >= 11 is 0. The van der Waals surface area contributed by atoms with Gasteiger partial charge in [0.15, 0.2) is 5.82 Å². The molecule has 2 saturated heterocycles. The molecule has 4 rings (SSSR count). The fourth-order valence-corrected chi connectivity index (χ4v) is 4.15. The van der Waals surface area contributed by atoms with Crippen LogP contribution >= 0.6 is 0 Å². The molecule has 5 atom stereocenters. The van der Waals surface area contributed by atoms with Crippen molar-refractivity contribution in [3.63, 3.8) is 0 Å². The lowest BCUT2D eigenvalue weighted by Crippen LogP contribution is -2.45. The van der Waals surface area contributed by atoms with Crippen LogP contribution in [0.25, 0.3) is 0 Å². The normalized spacial score (nSPS) is 44.1. The van der Waals surface area contributed by atoms with Crippen LogP contribution in [0.4, 0.5) is 0 Å². The maximum atomic E-state index is 6.32. The van der Waals surface area contributed by atoms with E-state index in [4.69, 9.17) is 20.0 Å². The zero-order valence-corrected chi connectivity index (χ0v) is 12.0. The first kappa shape index (κ1) is 12.8. The third-order valence-electron chi connectivity index (χ3n) is 5.65. The second-order valence-corrected chi connectivity index (χ2v) is 6.94. The monoisotopic (exact) mass is 277 g/mol. The van der Waals surface area contributed by atoms with Crippen molar-refractivity contribution < 1.29 is 9.26 Å². The second-order valence-electron chi connectivity index (χ2n) is 6.94. The van der Waals surface area contributed by atoms with Crippen molar-refractivity contribution in [1.82, 2.24) is 10.1 Å². The largest absolute Gasteiger partial charge is 0.374 e. The van der Waals surface area contributed by atoms with Crippen molar-refractivity contribution in [1.29, 1.82) is 0 Å². The van der Waals surface area contributed by atoms with Gasteiger partial charge in [0.2, 0.25) is 5.89 Å². The molecule has 1 saturated carbocycles. The summed E-state index contributed by atoms with van der Waals surface area (Å²) in [4.78, 5) is 4.72. The van der Waals surface area contributed by atoms with Gasteiger partial charge in [-0.05, 0) is 39.0 Å². The van der Waals surface area contributed by atoms with Crippen LogP contribution in [-0.4, -0.2) is 28.4 Å². The van der Waals surface area contributed by atoms with Gasteiger partial charge in [0.05, 0.1) is 23.5 Å². The third kappa shape index (κ3) is 1.83. The van der Waals surface area contributed by atoms with Gasteiger partial charge in [0.25, 0.3) is 0 Å². The zero-order chi connectivity index (χ0) is 13.7. The fraction of sp³-hybridized carbons (Fsp3) is 0.867. The Morgan fingerprint density at radius 3 is 2.85 bits per heavy atom. The van der Waals surface area contributed by atoms with Gasteiger partial charge in [0.1, 0.15) is 0 Å². The average molecular weight is 277 g/mol. The Morgan fingerprint density at radius 1 is 1.25 bits per heavy atom. The lowest BCUT2D eigenvalue weighted by atomic mass is 9.72. The van der Waals surface area contributed by atoms with E-state index in [-0.39, 0.29) is 11.5 Å². The van der Waals surface area contributed by atoms with Crippen molar-refractivity contribution in [2.24, 2.45) is 5.73 Å². The number of ether oxygens (including phenoxy) is 1. The lowest BCUT2D eigenvalue weighted by molar-refractivity contribution is 0.0996. The molecular formula is C15H23N3O2. The molecule has 110 valence electrons. The molecule has 3 heterocycles. The molecule has 3 fully saturated rings. The first-order valence-corrected chi connectivity index (χ1v) is 7.92. The Hall–Kier alpha value is -0.940. The van der Waals surface area contributed by atoms with Crippen LogP contribution in [0.2, 0.25) is 0 Å². The van der Waals surface area contributed by atoms with E-state index in [9.17, 15) is 0 Å². The Bertz CT molecular complexity index is 503. The Kier molecular flexibility index (Phi) is 2.89. The van der Waals surface area contributed by atoms with Crippen molar-refractivity contribution >= 4 is 0 Å². The summed E-state index contributed by atoms with van der Waals surface area (Å²) in [5.41, 5.74) is 6.17. The van der Waals surface area contributed by atoms with Crippen molar-refractivity contribution in [2.75, 3.05) is 0 Å². The number of nitrogens with zero attached hydrogens (tertiary/aromatic N) is 2. The molecule has 0 aromatic carbocycles. The average Bonchev–Trinajstić information content (AvgIpc) is 3.17. The minimum absolute atomic E-state index is 0.126. The van der Waals surface area contributed by atoms with Gasteiger partial charge in [-0.2, -0.15) is 4.98 Å². The topological polar surface area (TPSA) is 74.2 Å². The summed E-state index contributed by atoms with van der Waals surface area (Å²) in [6.07, 6.45) is 8.58. The smallest absolute Gasteiger partial charge is 0.234 e. The maximum absolute atomic E-state index is 6.32. The molecule has 2 aliphatic heterocycles. The van der Waals surface area contributed by atoms with E-state index in [1.165, 1.54) is 19.3 Å². The molecule has 2 bridgehead atoms. The minimum Gasteiger partial charge on any atom is -0.374 e. The summed E-state index contributed by atoms with van der Waals surface area (Å²) in [5.74, 6) is 1.91. The zero-order valence-electron chi connectivity index (χ0n) is 12.0. The van der Waals surface area contributed by atoms with Crippen LogP contribution in [0, 0.1) is 0 Å². The van der Waals surface area contributed by atoms with Crippen LogP contribution in [0.15, 0.2) is 4.52 Å². The van der Waals surface area contributed by atoms with Crippen molar-refractivity contribution in [3.8, 4) is 0 Å². The molecular weight excluding hydrogens is 254 g/mol. The number of nitrogens with two attached hydrogens (primary N) is 1. The fourth-order valence-electron chi connectivity index (χ4n) is 4.15. The van der Waals surface area contributed by atoms with E-state index in [1.807, 2.05) is 0 Å². The van der Waals surface area contributed by atoms with Crippen LogP contribution in [-0.2, 0) is 10.2 Å². The van der Waals surface area contributed by atoms with Crippen LogP contribution < -0.4 is 5.73 Å². The molecule has 2 N–H and O–H groups in total. The number of hydrogen-bond acceptors (Lipinski definition) is 5. The van der Waals surface area contributed by atoms with E-state index in [0.29, 0.717) is 18.1 Å². The van der Waals surface area contributed by atoms with E-state index >= 15 is 0 Å². The Balaban J connectivity index is 1.58. The van der Waals surface area contributed by atoms with E-state index in [0.717, 1.165) is 37.4 Å². The first-order valence-electron chi connectivity index (χ1n) is 7.92. The van der Waals surface area contributed by atoms with Gasteiger partial charge in [-0.25, -0.2) is 0 Å². The second kappa shape index (κ2) is 4.53. The molecule has 3 aliphatic rings. The third-order valence-corrected chi connectivity index (χ3v) is 5.65. The van der Waals surface area contributed by atoms with Gasteiger partial charge in [-0.1, -0.05) is 18.0 Å². The van der Waals surface area contributed by atoms with Crippen LogP contribution in [0.3, 0.4) is 0 Å². The first-order chi connectivity index (χ1) is 9.67. The SMILES string of the molecule is CC1(c2nc(C3CC4CCC3O4)no2)CCCCC1N. The highest BCUT2D eigenvalue weighted by atomic mass is 16.5. The molecule has 0 amide bonds. The molecule has 1 aromatic rings. The highest BCUT2D eigenvalue weighted by molar-refractivity contribution is 5.13. The van der Waals surface area contributed by atoms with Gasteiger partial charge in [-0.3, -0.25) is 0 Å². The highest BCUT2D eigenvalue weighted by Gasteiger charge is 2.46. The van der Waals surface area contributed by atoms with E-state index in [1.54, 1.807) is 0 Å². The summed E-state index contributed by atoms with van der Waals surface area (Å²) in [7, 11) is 0. The summed E-state index contributed by atoms with van der Waals surface area (Å²) < 4.78 is 11.5. The van der Waals surface area contributed by atoms with Crippen molar-refractivity contribution in [3.05, 3.63) is 11.7 Å². The molecule has 5 unspecified atom stereocenters. The molecule has 1 aromatic heterocycles. The predicted molar refractivity (Wildman–Crippen MR) is 73.3 cm³/mol. The quantitative estimate of drug-likeness (QED) is 0.897. The number of rotatable bonds is 2. The van der Waals surface area contributed by atoms with Gasteiger partial charge in [-0.15, -0.1) is 0 Å². The molecule has 0 spiro atoms. The summed E-state index contributed by atoms with van der Waals surface area (Å²) in [6.45, 7) is 2.17. The lowest BCUT2D eigenvalue weighted by Gasteiger charge is -2.35. The van der Waals surface area contributed by atoms with Crippen LogP contribution in [0.1, 0.15) is 69.5 Å². The number of fused-ring (bicyclic) bond motifs is 2. The summed E-state index contributed by atoms with van der Waals surface area (Å²) in [5, 5.41) is 4.25. The van der Waals surface area contributed by atoms with Crippen LogP contribution in [0.5, 0.6) is 0 Å². The van der Waals surface area contributed by atoms with E-state index < -0.39 is 0 Å². The molecule has 5 nitrogen and oxygen atoms in total. The van der Waals surface area contributed by atoms with Gasteiger partial charge in [0, 0.05) is 6.04 Å². The minimum atomic E-state index is -0.151. The number of aromatic nitrogens is 2. The molecule has 0 radical (unpaired) electrons. The highest BCUT2D eigenvalue weighted by Crippen LogP contribution is 2.44. The Morgan fingerprint density at radius 2 is 2.15 bits per heavy atom. The Labute approximate surface area is 119 Å². The molecule has 20 heavy (non-hydrogen) atoms. The van der Waals surface area contributed by atoms with Crippen molar-refractivity contribution in [2.45, 2.75) is 81.5 Å². The van der Waals surface area contributed by atoms with Gasteiger partial charge < -0.3 is 15.0 Å². The molecule has 5 heteroatoms. The molecule has 1 aliphatic carbocycles. The number of hydrogen-bond donors (Lipinski definition) is 1.